The van der Waals surface area contributed by atoms with Crippen molar-refractivity contribution < 1.29 is 19.1 Å². The van der Waals surface area contributed by atoms with Crippen molar-refractivity contribution in [3.8, 4) is 0 Å². The SMILES string of the molecule is C=CC(=O)NC(=O)C=CCC(=C)C(=O)OC. The van der Waals surface area contributed by atoms with Gasteiger partial charge in [-0.2, -0.15) is 0 Å². The van der Waals surface area contributed by atoms with Gasteiger partial charge in [0.05, 0.1) is 7.11 Å². The van der Waals surface area contributed by atoms with E-state index in [1.165, 1.54) is 13.2 Å². The number of imide groups is 1. The summed E-state index contributed by atoms with van der Waals surface area (Å²) < 4.78 is 4.41. The average molecular weight is 223 g/mol. The molecule has 0 bridgehead atoms. The predicted octanol–water partition coefficient (Wildman–Crippen LogP) is 0.491. The molecule has 16 heavy (non-hydrogen) atoms. The Kier molecular flexibility index (Phi) is 6.19. The number of esters is 1. The molecule has 0 rings (SSSR count). The number of carbonyl (C=O) groups excluding carboxylic acids is 3. The maximum Gasteiger partial charge on any atom is 0.333 e. The lowest BCUT2D eigenvalue weighted by molar-refractivity contribution is -0.136. The lowest BCUT2D eigenvalue weighted by Gasteiger charge is -1.98. The molecule has 1 N–H and O–H groups in total. The first kappa shape index (κ1) is 13.8. The normalized spacial score (nSPS) is 9.56. The van der Waals surface area contributed by atoms with Gasteiger partial charge >= 0.3 is 5.97 Å². The maximum atomic E-state index is 11.0. The summed E-state index contributed by atoms with van der Waals surface area (Å²) in [5, 5.41) is 2.02. The molecule has 0 saturated carbocycles. The zero-order chi connectivity index (χ0) is 12.6. The van der Waals surface area contributed by atoms with Crippen molar-refractivity contribution in [1.29, 1.82) is 0 Å². The minimum atomic E-state index is -0.582. The smallest absolute Gasteiger partial charge is 0.333 e. The Hall–Kier alpha value is -2.17. The first-order chi connectivity index (χ1) is 7.51. The van der Waals surface area contributed by atoms with Crippen molar-refractivity contribution in [2.45, 2.75) is 6.42 Å². The van der Waals surface area contributed by atoms with Gasteiger partial charge in [0, 0.05) is 5.57 Å². The molecule has 86 valence electrons. The molecule has 0 spiro atoms. The molecule has 0 aromatic rings. The van der Waals surface area contributed by atoms with Crippen LogP contribution in [-0.4, -0.2) is 24.9 Å². The van der Waals surface area contributed by atoms with Gasteiger partial charge in [0.15, 0.2) is 0 Å². The van der Waals surface area contributed by atoms with E-state index in [1.807, 2.05) is 5.32 Å². The first-order valence-corrected chi connectivity index (χ1v) is 4.41. The van der Waals surface area contributed by atoms with Crippen LogP contribution in [0.2, 0.25) is 0 Å². The number of hydrogen-bond donors (Lipinski definition) is 1. The van der Waals surface area contributed by atoms with E-state index < -0.39 is 17.8 Å². The molecule has 0 aliphatic heterocycles. The summed E-state index contributed by atoms with van der Waals surface area (Å²) >= 11 is 0. The van der Waals surface area contributed by atoms with Crippen LogP contribution in [-0.2, 0) is 19.1 Å². The second-order valence-corrected chi connectivity index (χ2v) is 2.76. The fraction of sp³-hybridized carbons (Fsp3) is 0.182. The molecule has 0 aromatic heterocycles. The number of allylic oxidation sites excluding steroid dienone is 1. The summed E-state index contributed by atoms with van der Waals surface area (Å²) in [5.41, 5.74) is 0.224. The van der Waals surface area contributed by atoms with Crippen molar-refractivity contribution in [1.82, 2.24) is 5.32 Å². The Morgan fingerprint density at radius 2 is 1.94 bits per heavy atom. The molecule has 0 heterocycles. The van der Waals surface area contributed by atoms with E-state index in [2.05, 4.69) is 17.9 Å². The molecule has 0 aliphatic carbocycles. The van der Waals surface area contributed by atoms with Gasteiger partial charge in [0.1, 0.15) is 0 Å². The van der Waals surface area contributed by atoms with Crippen LogP contribution in [0, 0.1) is 0 Å². The first-order valence-electron chi connectivity index (χ1n) is 4.41. The highest BCUT2D eigenvalue weighted by molar-refractivity contribution is 6.04. The molecule has 0 fully saturated rings. The van der Waals surface area contributed by atoms with Crippen molar-refractivity contribution in [2.75, 3.05) is 7.11 Å². The number of nitrogens with one attached hydrogen (secondary N) is 1. The van der Waals surface area contributed by atoms with Crippen molar-refractivity contribution >= 4 is 17.8 Å². The molecule has 5 heteroatoms. The van der Waals surface area contributed by atoms with E-state index in [9.17, 15) is 14.4 Å². The van der Waals surface area contributed by atoms with Crippen molar-refractivity contribution in [3.63, 3.8) is 0 Å². The van der Waals surface area contributed by atoms with Gasteiger partial charge in [0.25, 0.3) is 0 Å². The van der Waals surface area contributed by atoms with Crippen LogP contribution in [0.15, 0.2) is 37.0 Å². The van der Waals surface area contributed by atoms with Crippen LogP contribution in [0.25, 0.3) is 0 Å². The summed E-state index contributed by atoms with van der Waals surface area (Å²) in [7, 11) is 1.24. The topological polar surface area (TPSA) is 72.5 Å². The highest BCUT2D eigenvalue weighted by atomic mass is 16.5. The minimum absolute atomic E-state index is 0.183. The van der Waals surface area contributed by atoms with Gasteiger partial charge in [-0.25, -0.2) is 4.79 Å². The van der Waals surface area contributed by atoms with E-state index in [1.54, 1.807) is 0 Å². The van der Waals surface area contributed by atoms with E-state index in [4.69, 9.17) is 0 Å². The minimum Gasteiger partial charge on any atom is -0.466 e. The third-order valence-corrected chi connectivity index (χ3v) is 1.54. The molecule has 2 amide bonds. The van der Waals surface area contributed by atoms with Crippen LogP contribution in [0.4, 0.5) is 0 Å². The van der Waals surface area contributed by atoms with Gasteiger partial charge in [-0.05, 0) is 18.6 Å². The molecular formula is C11H13NO4. The van der Waals surface area contributed by atoms with E-state index >= 15 is 0 Å². The third-order valence-electron chi connectivity index (χ3n) is 1.54. The van der Waals surface area contributed by atoms with Gasteiger partial charge in [0.2, 0.25) is 11.8 Å². The van der Waals surface area contributed by atoms with E-state index in [0.717, 1.165) is 12.2 Å². The number of amides is 2. The fourth-order valence-corrected chi connectivity index (χ4v) is 0.750. The highest BCUT2D eigenvalue weighted by Gasteiger charge is 2.04. The largest absolute Gasteiger partial charge is 0.466 e. The molecule has 0 atom stereocenters. The molecule has 0 aliphatic rings. The fourth-order valence-electron chi connectivity index (χ4n) is 0.750. The second kappa shape index (κ2) is 7.17. The third kappa shape index (κ3) is 5.54. The number of ether oxygens (including phenoxy) is 1. The average Bonchev–Trinajstić information content (AvgIpc) is 2.27. The number of methoxy groups -OCH3 is 1. The zero-order valence-electron chi connectivity index (χ0n) is 8.99. The van der Waals surface area contributed by atoms with Crippen LogP contribution in [0.1, 0.15) is 6.42 Å². The Morgan fingerprint density at radius 1 is 1.31 bits per heavy atom. The Bertz CT molecular complexity index is 355. The Morgan fingerprint density at radius 3 is 2.44 bits per heavy atom. The molecule has 5 nitrogen and oxygen atoms in total. The zero-order valence-corrected chi connectivity index (χ0v) is 8.99. The standard InChI is InChI=1S/C11H13NO4/c1-4-9(13)12-10(14)7-5-6-8(2)11(15)16-3/h4-5,7H,1-2,6H2,3H3,(H,12,13,14). The lowest BCUT2D eigenvalue weighted by Crippen LogP contribution is -2.26. The van der Waals surface area contributed by atoms with Gasteiger partial charge in [-0.15, -0.1) is 0 Å². The van der Waals surface area contributed by atoms with Gasteiger partial charge in [-0.1, -0.05) is 19.2 Å². The molecule has 0 aromatic carbocycles. The van der Waals surface area contributed by atoms with Crippen LogP contribution < -0.4 is 5.32 Å². The van der Waals surface area contributed by atoms with Crippen molar-refractivity contribution in [2.24, 2.45) is 0 Å². The van der Waals surface area contributed by atoms with Crippen LogP contribution in [0.3, 0.4) is 0 Å². The Labute approximate surface area is 93.5 Å². The number of hydrogen-bond acceptors (Lipinski definition) is 4. The number of rotatable bonds is 5. The molecular weight excluding hydrogens is 210 g/mol. The predicted molar refractivity (Wildman–Crippen MR) is 58.3 cm³/mol. The lowest BCUT2D eigenvalue weighted by atomic mass is 10.2. The highest BCUT2D eigenvalue weighted by Crippen LogP contribution is 2.00. The number of carbonyl (C=O) groups is 3. The summed E-state index contributed by atoms with van der Waals surface area (Å²) in [4.78, 5) is 32.6. The summed E-state index contributed by atoms with van der Waals surface area (Å²) in [6.45, 7) is 6.65. The second-order valence-electron chi connectivity index (χ2n) is 2.76. The maximum absolute atomic E-state index is 11.0. The monoisotopic (exact) mass is 223 g/mol. The van der Waals surface area contributed by atoms with Gasteiger partial charge < -0.3 is 4.74 Å². The van der Waals surface area contributed by atoms with Crippen LogP contribution >= 0.6 is 0 Å². The molecule has 0 unspecified atom stereocenters. The van der Waals surface area contributed by atoms with Crippen LogP contribution in [0.5, 0.6) is 0 Å². The Balaban J connectivity index is 4.06. The quantitative estimate of drug-likeness (QED) is 0.544. The molecule has 0 radical (unpaired) electrons. The van der Waals surface area contributed by atoms with E-state index in [-0.39, 0.29) is 12.0 Å². The summed E-state index contributed by atoms with van der Waals surface area (Å²) in [6, 6.07) is 0. The summed E-state index contributed by atoms with van der Waals surface area (Å²) in [5.74, 6) is -1.70. The van der Waals surface area contributed by atoms with Gasteiger partial charge in [-0.3, -0.25) is 14.9 Å². The summed E-state index contributed by atoms with van der Waals surface area (Å²) in [6.07, 6.45) is 3.71. The van der Waals surface area contributed by atoms with Crippen molar-refractivity contribution in [3.05, 3.63) is 37.0 Å². The van der Waals surface area contributed by atoms with E-state index in [0.29, 0.717) is 0 Å². The molecule has 0 saturated heterocycles.